The Morgan fingerprint density at radius 3 is 2.29 bits per heavy atom. The zero-order valence-electron chi connectivity index (χ0n) is 10.4. The van der Waals surface area contributed by atoms with Crippen LogP contribution in [0, 0.1) is 11.2 Å². The second-order valence-electron chi connectivity index (χ2n) is 5.44. The summed E-state index contributed by atoms with van der Waals surface area (Å²) in [6, 6.07) is 4.62. The van der Waals surface area contributed by atoms with E-state index < -0.39 is 5.60 Å². The predicted octanol–water partition coefficient (Wildman–Crippen LogP) is 2.87. The molecule has 96 valence electrons. The van der Waals surface area contributed by atoms with Crippen molar-refractivity contribution in [3.05, 3.63) is 34.1 Å². The molecule has 1 aromatic carbocycles. The largest absolute Gasteiger partial charge is 0.388 e. The fourth-order valence-electron chi connectivity index (χ4n) is 1.69. The molecule has 0 aliphatic carbocycles. The van der Waals surface area contributed by atoms with E-state index in [0.717, 1.165) is 5.56 Å². The van der Waals surface area contributed by atoms with Crippen molar-refractivity contribution in [2.24, 2.45) is 11.1 Å². The summed E-state index contributed by atoms with van der Waals surface area (Å²) in [5, 5.41) is 10.5. The smallest absolute Gasteiger partial charge is 0.124 e. The molecule has 3 N–H and O–H groups in total. The van der Waals surface area contributed by atoms with Crippen LogP contribution in [0.15, 0.2) is 22.7 Å². The molecule has 0 heterocycles. The molecular weight excluding hydrogens is 285 g/mol. The van der Waals surface area contributed by atoms with Gasteiger partial charge in [-0.15, -0.1) is 0 Å². The summed E-state index contributed by atoms with van der Waals surface area (Å²) in [5.74, 6) is -0.317. The van der Waals surface area contributed by atoms with Crippen LogP contribution in [0.1, 0.15) is 26.3 Å². The lowest BCUT2D eigenvalue weighted by molar-refractivity contribution is -0.0490. The Bertz CT molecular complexity index is 383. The van der Waals surface area contributed by atoms with Gasteiger partial charge in [-0.3, -0.25) is 0 Å². The van der Waals surface area contributed by atoms with Crippen molar-refractivity contribution in [2.75, 3.05) is 6.54 Å². The van der Waals surface area contributed by atoms with Gasteiger partial charge in [0.25, 0.3) is 0 Å². The van der Waals surface area contributed by atoms with Gasteiger partial charge in [0.05, 0.1) is 5.60 Å². The van der Waals surface area contributed by atoms with Gasteiger partial charge in [-0.2, -0.15) is 0 Å². The zero-order valence-corrected chi connectivity index (χ0v) is 12.0. The molecule has 0 aliphatic rings. The van der Waals surface area contributed by atoms with Gasteiger partial charge in [-0.25, -0.2) is 4.39 Å². The summed E-state index contributed by atoms with van der Waals surface area (Å²) < 4.78 is 13.9. The van der Waals surface area contributed by atoms with Gasteiger partial charge in [0.2, 0.25) is 0 Å². The molecule has 1 aromatic rings. The first kappa shape index (κ1) is 14.6. The van der Waals surface area contributed by atoms with E-state index in [-0.39, 0.29) is 17.8 Å². The maximum atomic E-state index is 13.3. The number of hydrogen-bond donors (Lipinski definition) is 2. The Kier molecular flexibility index (Phi) is 4.33. The molecule has 0 radical (unpaired) electrons. The Balaban J connectivity index is 3.03. The van der Waals surface area contributed by atoms with Crippen LogP contribution in [-0.2, 0) is 6.42 Å². The SMILES string of the molecule is CC(C)(C)C(O)(CN)Cc1cc(F)cc(Br)c1. The van der Waals surface area contributed by atoms with E-state index in [1.54, 1.807) is 6.07 Å². The normalized spacial score (nSPS) is 15.7. The molecule has 1 unspecified atom stereocenters. The van der Waals surface area contributed by atoms with Crippen molar-refractivity contribution in [1.29, 1.82) is 0 Å². The molecule has 1 rings (SSSR count). The maximum absolute atomic E-state index is 13.3. The number of benzene rings is 1. The number of rotatable bonds is 3. The molecule has 0 spiro atoms. The van der Waals surface area contributed by atoms with E-state index >= 15 is 0 Å². The Labute approximate surface area is 110 Å². The van der Waals surface area contributed by atoms with Crippen molar-refractivity contribution in [2.45, 2.75) is 32.8 Å². The summed E-state index contributed by atoms with van der Waals surface area (Å²) in [6.45, 7) is 5.92. The average molecular weight is 304 g/mol. The van der Waals surface area contributed by atoms with E-state index in [9.17, 15) is 9.50 Å². The van der Waals surface area contributed by atoms with Gasteiger partial charge < -0.3 is 10.8 Å². The molecular formula is C13H19BrFNO. The predicted molar refractivity (Wildman–Crippen MR) is 71.3 cm³/mol. The molecule has 0 aliphatic heterocycles. The third kappa shape index (κ3) is 3.50. The van der Waals surface area contributed by atoms with Crippen LogP contribution in [0.4, 0.5) is 4.39 Å². The number of nitrogens with two attached hydrogens (primary N) is 1. The molecule has 2 nitrogen and oxygen atoms in total. The molecule has 0 amide bonds. The molecule has 4 heteroatoms. The summed E-state index contributed by atoms with van der Waals surface area (Å²) in [5.41, 5.74) is 5.00. The van der Waals surface area contributed by atoms with Crippen molar-refractivity contribution >= 4 is 15.9 Å². The van der Waals surface area contributed by atoms with Gasteiger partial charge >= 0.3 is 0 Å². The molecule has 0 saturated heterocycles. The van der Waals surface area contributed by atoms with Crippen LogP contribution in [-0.4, -0.2) is 17.3 Å². The van der Waals surface area contributed by atoms with Gasteiger partial charge in [-0.05, 0) is 29.2 Å². The zero-order chi connectivity index (χ0) is 13.3. The fraction of sp³-hybridized carbons (Fsp3) is 0.538. The van der Waals surface area contributed by atoms with Gasteiger partial charge in [0.1, 0.15) is 5.82 Å². The first-order chi connectivity index (χ1) is 7.68. The summed E-state index contributed by atoms with van der Waals surface area (Å²) in [6.07, 6.45) is 0.337. The standard InChI is InChI=1S/C13H19BrFNO/c1-12(2,3)13(17,8-16)7-9-4-10(14)6-11(15)5-9/h4-6,17H,7-8,16H2,1-3H3. The second kappa shape index (κ2) is 5.04. The Hall–Kier alpha value is -0.450. The highest BCUT2D eigenvalue weighted by atomic mass is 79.9. The minimum Gasteiger partial charge on any atom is -0.388 e. The van der Waals surface area contributed by atoms with Gasteiger partial charge in [0.15, 0.2) is 0 Å². The van der Waals surface area contributed by atoms with Crippen molar-refractivity contribution in [1.82, 2.24) is 0 Å². The quantitative estimate of drug-likeness (QED) is 0.902. The van der Waals surface area contributed by atoms with Gasteiger partial charge in [0, 0.05) is 17.4 Å². The molecule has 1 atom stereocenters. The average Bonchev–Trinajstić information content (AvgIpc) is 2.13. The summed E-state index contributed by atoms with van der Waals surface area (Å²) in [4.78, 5) is 0. The van der Waals surface area contributed by atoms with Crippen molar-refractivity contribution in [3.63, 3.8) is 0 Å². The van der Waals surface area contributed by atoms with Crippen molar-refractivity contribution in [3.8, 4) is 0 Å². The lowest BCUT2D eigenvalue weighted by Crippen LogP contribution is -2.50. The molecule has 0 aromatic heterocycles. The second-order valence-corrected chi connectivity index (χ2v) is 6.36. The molecule has 17 heavy (non-hydrogen) atoms. The number of aliphatic hydroxyl groups is 1. The minimum atomic E-state index is -1.04. The highest BCUT2D eigenvalue weighted by Gasteiger charge is 2.38. The first-order valence-corrected chi connectivity index (χ1v) is 6.35. The van der Waals surface area contributed by atoms with E-state index in [1.165, 1.54) is 12.1 Å². The van der Waals surface area contributed by atoms with Crippen LogP contribution < -0.4 is 5.73 Å². The Morgan fingerprint density at radius 1 is 1.29 bits per heavy atom. The van der Waals surface area contributed by atoms with E-state index in [4.69, 9.17) is 5.73 Å². The highest BCUT2D eigenvalue weighted by molar-refractivity contribution is 9.10. The topological polar surface area (TPSA) is 46.2 Å². The Morgan fingerprint density at radius 2 is 1.88 bits per heavy atom. The number of halogens is 2. The van der Waals surface area contributed by atoms with Crippen LogP contribution in [0.3, 0.4) is 0 Å². The van der Waals surface area contributed by atoms with E-state index in [0.29, 0.717) is 10.9 Å². The van der Waals surface area contributed by atoms with Crippen LogP contribution in [0.25, 0.3) is 0 Å². The molecule has 0 fully saturated rings. The minimum absolute atomic E-state index is 0.143. The molecule has 0 bridgehead atoms. The monoisotopic (exact) mass is 303 g/mol. The molecule has 0 saturated carbocycles. The lowest BCUT2D eigenvalue weighted by Gasteiger charge is -2.39. The number of hydrogen-bond acceptors (Lipinski definition) is 2. The first-order valence-electron chi connectivity index (χ1n) is 5.55. The lowest BCUT2D eigenvalue weighted by atomic mass is 9.73. The van der Waals surface area contributed by atoms with Gasteiger partial charge in [-0.1, -0.05) is 36.7 Å². The van der Waals surface area contributed by atoms with E-state index in [2.05, 4.69) is 15.9 Å². The summed E-state index contributed by atoms with van der Waals surface area (Å²) in [7, 11) is 0. The maximum Gasteiger partial charge on any atom is 0.124 e. The van der Waals surface area contributed by atoms with Crippen molar-refractivity contribution < 1.29 is 9.50 Å². The third-order valence-electron chi connectivity index (χ3n) is 3.15. The summed E-state index contributed by atoms with van der Waals surface area (Å²) >= 11 is 3.24. The van der Waals surface area contributed by atoms with Crippen LogP contribution >= 0.6 is 15.9 Å². The fourth-order valence-corrected chi connectivity index (χ4v) is 2.21. The third-order valence-corrected chi connectivity index (χ3v) is 3.61. The van der Waals surface area contributed by atoms with E-state index in [1.807, 2.05) is 20.8 Å². The van der Waals surface area contributed by atoms with Crippen LogP contribution in [0.2, 0.25) is 0 Å². The highest BCUT2D eigenvalue weighted by Crippen LogP contribution is 2.33. The van der Waals surface area contributed by atoms with Crippen LogP contribution in [0.5, 0.6) is 0 Å².